The van der Waals surface area contributed by atoms with E-state index in [0.29, 0.717) is 17.1 Å². The van der Waals surface area contributed by atoms with Crippen LogP contribution in [0.1, 0.15) is 12.0 Å². The number of halogens is 1. The zero-order valence-electron chi connectivity index (χ0n) is 13.7. The van der Waals surface area contributed by atoms with Gasteiger partial charge in [0.1, 0.15) is 5.82 Å². The number of hydrogen-bond acceptors (Lipinski definition) is 6. The summed E-state index contributed by atoms with van der Waals surface area (Å²) in [6.45, 7) is -0.0348. The molecule has 2 saturated heterocycles. The largest absolute Gasteiger partial charge is 0.390 e. The number of aliphatic hydroxyl groups excluding tert-OH is 1. The van der Waals surface area contributed by atoms with Crippen LogP contribution in [0.25, 0.3) is 6.08 Å². The van der Waals surface area contributed by atoms with E-state index in [0.717, 1.165) is 16.7 Å². The molecule has 2 N–H and O–H groups in total. The SMILES string of the molecule is O=C(CCN1C(=O)S/C(=C\c2cccc(F)c2)C1=O)N[C@H]1CSC[C@@H]1O. The molecule has 2 aliphatic rings. The summed E-state index contributed by atoms with van der Waals surface area (Å²) < 4.78 is 13.2. The predicted octanol–water partition coefficient (Wildman–Crippen LogP) is 1.84. The number of thioether (sulfide) groups is 2. The van der Waals surface area contributed by atoms with Crippen molar-refractivity contribution in [3.8, 4) is 0 Å². The van der Waals surface area contributed by atoms with Crippen LogP contribution in [0.4, 0.5) is 9.18 Å². The number of aliphatic hydroxyl groups is 1. The lowest BCUT2D eigenvalue weighted by Gasteiger charge is -2.17. The lowest BCUT2D eigenvalue weighted by atomic mass is 10.2. The van der Waals surface area contributed by atoms with Gasteiger partial charge in [-0.3, -0.25) is 19.3 Å². The Balaban J connectivity index is 1.58. The van der Waals surface area contributed by atoms with Crippen LogP contribution >= 0.6 is 23.5 Å². The summed E-state index contributed by atoms with van der Waals surface area (Å²) in [5.74, 6) is -0.0100. The molecule has 1 aromatic carbocycles. The second-order valence-corrected chi connectivity index (χ2v) is 7.99. The Labute approximate surface area is 158 Å². The van der Waals surface area contributed by atoms with Crippen molar-refractivity contribution in [3.05, 3.63) is 40.6 Å². The number of rotatable bonds is 5. The molecule has 2 aliphatic heterocycles. The number of carbonyl (C=O) groups is 3. The van der Waals surface area contributed by atoms with Crippen molar-refractivity contribution < 1.29 is 23.9 Å². The van der Waals surface area contributed by atoms with Gasteiger partial charge in [0.2, 0.25) is 5.91 Å². The Morgan fingerprint density at radius 1 is 1.38 bits per heavy atom. The quantitative estimate of drug-likeness (QED) is 0.739. The van der Waals surface area contributed by atoms with Crippen molar-refractivity contribution in [1.29, 1.82) is 0 Å². The Hall–Kier alpha value is -1.84. The predicted molar refractivity (Wildman–Crippen MR) is 99.0 cm³/mol. The van der Waals surface area contributed by atoms with Crippen molar-refractivity contribution in [2.45, 2.75) is 18.6 Å². The second kappa shape index (κ2) is 8.24. The molecule has 0 unspecified atom stereocenters. The van der Waals surface area contributed by atoms with Crippen LogP contribution in [0.15, 0.2) is 29.2 Å². The van der Waals surface area contributed by atoms with E-state index in [1.54, 1.807) is 17.8 Å². The molecule has 0 aliphatic carbocycles. The van der Waals surface area contributed by atoms with Gasteiger partial charge in [-0.05, 0) is 35.5 Å². The minimum absolute atomic E-state index is 0.0286. The molecule has 6 nitrogen and oxygen atoms in total. The Kier molecular flexibility index (Phi) is 6.00. The van der Waals surface area contributed by atoms with Crippen LogP contribution in [0.5, 0.6) is 0 Å². The van der Waals surface area contributed by atoms with Crippen molar-refractivity contribution >= 4 is 46.7 Å². The van der Waals surface area contributed by atoms with E-state index < -0.39 is 23.1 Å². The van der Waals surface area contributed by atoms with E-state index in [9.17, 15) is 23.9 Å². The van der Waals surface area contributed by atoms with Gasteiger partial charge in [-0.25, -0.2) is 4.39 Å². The standard InChI is InChI=1S/C17H17FN2O4S2/c18-11-3-1-2-10(6-11)7-14-16(23)20(17(24)26-14)5-4-15(22)19-12-8-25-9-13(12)21/h1-3,6-7,12-13,21H,4-5,8-9H2,(H,19,22)/b14-7-/t12-,13-/m0/s1. The Morgan fingerprint density at radius 2 is 2.19 bits per heavy atom. The highest BCUT2D eigenvalue weighted by molar-refractivity contribution is 8.18. The van der Waals surface area contributed by atoms with Gasteiger partial charge >= 0.3 is 0 Å². The average Bonchev–Trinajstić information content (AvgIpc) is 3.10. The van der Waals surface area contributed by atoms with Gasteiger partial charge < -0.3 is 10.4 Å². The molecule has 26 heavy (non-hydrogen) atoms. The van der Waals surface area contributed by atoms with Crippen molar-refractivity contribution in [2.24, 2.45) is 0 Å². The first kappa shape index (κ1) is 18.9. The molecule has 0 aromatic heterocycles. The smallest absolute Gasteiger partial charge is 0.293 e. The Bertz CT molecular complexity index is 771. The molecule has 3 amide bonds. The third kappa shape index (κ3) is 4.46. The minimum Gasteiger partial charge on any atom is -0.390 e. The van der Waals surface area contributed by atoms with Crippen LogP contribution in [0.2, 0.25) is 0 Å². The lowest BCUT2D eigenvalue weighted by molar-refractivity contribution is -0.124. The molecule has 0 saturated carbocycles. The summed E-state index contributed by atoms with van der Waals surface area (Å²) in [6, 6.07) is 5.42. The third-order valence-electron chi connectivity index (χ3n) is 3.98. The number of carbonyl (C=O) groups excluding carboxylic acids is 3. The molecular weight excluding hydrogens is 379 g/mol. The fourth-order valence-electron chi connectivity index (χ4n) is 2.61. The zero-order valence-corrected chi connectivity index (χ0v) is 15.3. The number of nitrogens with one attached hydrogen (secondary N) is 1. The lowest BCUT2D eigenvalue weighted by Crippen LogP contribution is -2.43. The highest BCUT2D eigenvalue weighted by Gasteiger charge is 2.35. The molecule has 0 bridgehead atoms. The molecule has 1 aromatic rings. The molecule has 2 fully saturated rings. The molecular formula is C17H17FN2O4S2. The molecule has 0 radical (unpaired) electrons. The fraction of sp³-hybridized carbons (Fsp3) is 0.353. The zero-order chi connectivity index (χ0) is 18.7. The first-order valence-electron chi connectivity index (χ1n) is 8.00. The van der Waals surface area contributed by atoms with Crippen molar-refractivity contribution in [1.82, 2.24) is 10.2 Å². The van der Waals surface area contributed by atoms with Crippen LogP contribution in [-0.4, -0.2) is 57.3 Å². The summed E-state index contributed by atoms with van der Waals surface area (Å²) in [5, 5.41) is 12.0. The summed E-state index contributed by atoms with van der Waals surface area (Å²) >= 11 is 2.33. The summed E-state index contributed by atoms with van der Waals surface area (Å²) in [6.07, 6.45) is 0.856. The number of benzene rings is 1. The van der Waals surface area contributed by atoms with Crippen molar-refractivity contribution in [3.63, 3.8) is 0 Å². The van der Waals surface area contributed by atoms with E-state index in [2.05, 4.69) is 5.32 Å². The number of hydrogen-bond donors (Lipinski definition) is 2. The first-order chi connectivity index (χ1) is 12.4. The van der Waals surface area contributed by atoms with Crippen LogP contribution in [0, 0.1) is 5.82 Å². The van der Waals surface area contributed by atoms with Gasteiger partial charge in [-0.1, -0.05) is 12.1 Å². The average molecular weight is 396 g/mol. The number of imide groups is 1. The van der Waals surface area contributed by atoms with Gasteiger partial charge in [-0.15, -0.1) is 0 Å². The van der Waals surface area contributed by atoms with Gasteiger partial charge in [0.25, 0.3) is 11.1 Å². The number of nitrogens with zero attached hydrogens (tertiary/aromatic N) is 1. The van der Waals surface area contributed by atoms with E-state index in [1.807, 2.05) is 0 Å². The van der Waals surface area contributed by atoms with Crippen molar-refractivity contribution in [2.75, 3.05) is 18.1 Å². The normalized spacial score (nSPS) is 24.5. The summed E-state index contributed by atoms with van der Waals surface area (Å²) in [4.78, 5) is 37.6. The van der Waals surface area contributed by atoms with E-state index >= 15 is 0 Å². The molecule has 3 rings (SSSR count). The van der Waals surface area contributed by atoms with E-state index in [4.69, 9.17) is 0 Å². The number of amides is 3. The van der Waals surface area contributed by atoms with Gasteiger partial charge in [0.15, 0.2) is 0 Å². The van der Waals surface area contributed by atoms with Crippen LogP contribution in [0.3, 0.4) is 0 Å². The maximum atomic E-state index is 13.2. The highest BCUT2D eigenvalue weighted by Crippen LogP contribution is 2.32. The summed E-state index contributed by atoms with van der Waals surface area (Å²) in [7, 11) is 0. The van der Waals surface area contributed by atoms with E-state index in [-0.39, 0.29) is 29.8 Å². The Morgan fingerprint density at radius 3 is 2.88 bits per heavy atom. The molecule has 138 valence electrons. The molecule has 2 heterocycles. The van der Waals surface area contributed by atoms with Crippen LogP contribution in [-0.2, 0) is 9.59 Å². The molecule has 2 atom stereocenters. The highest BCUT2D eigenvalue weighted by atomic mass is 32.2. The third-order valence-corrected chi connectivity index (χ3v) is 6.06. The van der Waals surface area contributed by atoms with Gasteiger partial charge in [0, 0.05) is 24.5 Å². The van der Waals surface area contributed by atoms with E-state index in [1.165, 1.54) is 24.3 Å². The maximum Gasteiger partial charge on any atom is 0.293 e. The maximum absolute atomic E-state index is 13.2. The molecule has 9 heteroatoms. The topological polar surface area (TPSA) is 86.7 Å². The monoisotopic (exact) mass is 396 g/mol. The summed E-state index contributed by atoms with van der Waals surface area (Å²) in [5.41, 5.74) is 0.487. The van der Waals surface area contributed by atoms with Crippen LogP contribution < -0.4 is 5.32 Å². The fourth-order valence-corrected chi connectivity index (χ4v) is 4.65. The molecule has 0 spiro atoms. The second-order valence-electron chi connectivity index (χ2n) is 5.92. The first-order valence-corrected chi connectivity index (χ1v) is 9.97. The van der Waals surface area contributed by atoms with Gasteiger partial charge in [-0.2, -0.15) is 11.8 Å². The van der Waals surface area contributed by atoms with Gasteiger partial charge in [0.05, 0.1) is 17.1 Å². The minimum atomic E-state index is -0.574.